The van der Waals surface area contributed by atoms with E-state index in [0.29, 0.717) is 5.00 Å². The largest absolute Gasteiger partial charge is 0.462 e. The van der Waals surface area contributed by atoms with Crippen molar-refractivity contribution in [2.45, 2.75) is 26.7 Å². The van der Waals surface area contributed by atoms with Crippen molar-refractivity contribution in [3.8, 4) is 0 Å². The third-order valence-electron chi connectivity index (χ3n) is 4.43. The van der Waals surface area contributed by atoms with E-state index in [4.69, 9.17) is 4.74 Å². The highest BCUT2D eigenvalue weighted by Gasteiger charge is 2.30. The average Bonchev–Trinajstić information content (AvgIpc) is 3.11. The third kappa shape index (κ3) is 5.21. The van der Waals surface area contributed by atoms with E-state index in [9.17, 15) is 14.4 Å². The molecule has 2 amide bonds. The van der Waals surface area contributed by atoms with Crippen molar-refractivity contribution in [1.29, 1.82) is 0 Å². The van der Waals surface area contributed by atoms with Gasteiger partial charge >= 0.3 is 5.97 Å². The lowest BCUT2D eigenvalue weighted by Gasteiger charge is -2.21. The normalized spacial score (nSPS) is 10.5. The Balaban J connectivity index is 1.98. The predicted octanol–water partition coefficient (Wildman–Crippen LogP) is 4.58. The lowest BCUT2D eigenvalue weighted by molar-refractivity contribution is -0.125. The van der Waals surface area contributed by atoms with Crippen molar-refractivity contribution in [1.82, 2.24) is 0 Å². The highest BCUT2D eigenvalue weighted by molar-refractivity contribution is 7.17. The number of carbonyl (C=O) groups excluding carboxylic acids is 3. The third-order valence-corrected chi connectivity index (χ3v) is 5.46. The molecule has 0 aliphatic heterocycles. The van der Waals surface area contributed by atoms with Gasteiger partial charge in [-0.2, -0.15) is 0 Å². The molecule has 0 saturated carbocycles. The highest BCUT2D eigenvalue weighted by Crippen LogP contribution is 2.33. The number of hydrogen-bond donors (Lipinski definition) is 0. The molecule has 3 aromatic rings. The van der Waals surface area contributed by atoms with Gasteiger partial charge in [0.25, 0.3) is 0 Å². The lowest BCUT2D eigenvalue weighted by atomic mass is 10.1. The molecule has 0 bridgehead atoms. The number of nitrogens with zero attached hydrogens (tertiary/aromatic N) is 1. The van der Waals surface area contributed by atoms with Crippen LogP contribution in [0.4, 0.5) is 5.00 Å². The van der Waals surface area contributed by atoms with Gasteiger partial charge in [0.05, 0.1) is 25.0 Å². The Morgan fingerprint density at radius 2 is 1.37 bits per heavy atom. The number of rotatable bonds is 7. The summed E-state index contributed by atoms with van der Waals surface area (Å²) in [6, 6.07) is 20.1. The van der Waals surface area contributed by atoms with E-state index in [0.717, 1.165) is 20.9 Å². The first-order valence-corrected chi connectivity index (χ1v) is 10.5. The van der Waals surface area contributed by atoms with Crippen molar-refractivity contribution in [3.63, 3.8) is 0 Å². The van der Waals surface area contributed by atoms with Crippen LogP contribution in [0.1, 0.15) is 33.3 Å². The first-order chi connectivity index (χ1) is 14.5. The molecule has 0 radical (unpaired) electrons. The average molecular weight is 422 g/mol. The Kier molecular flexibility index (Phi) is 7.14. The first kappa shape index (κ1) is 21.5. The van der Waals surface area contributed by atoms with Crippen molar-refractivity contribution in [2.75, 3.05) is 11.5 Å². The molecular weight excluding hydrogens is 398 g/mol. The van der Waals surface area contributed by atoms with E-state index in [-0.39, 0.29) is 36.8 Å². The van der Waals surface area contributed by atoms with Crippen LogP contribution in [0, 0.1) is 6.92 Å². The summed E-state index contributed by atoms with van der Waals surface area (Å²) in [4.78, 5) is 40.9. The summed E-state index contributed by atoms with van der Waals surface area (Å²) < 4.78 is 5.15. The van der Waals surface area contributed by atoms with Gasteiger partial charge in [-0.05, 0) is 31.0 Å². The maximum atomic E-state index is 13.2. The Hall–Kier alpha value is -3.25. The number of anilines is 1. The minimum absolute atomic E-state index is 0.0561. The highest BCUT2D eigenvalue weighted by atomic mass is 32.1. The van der Waals surface area contributed by atoms with Gasteiger partial charge in [0.2, 0.25) is 11.8 Å². The molecule has 0 aliphatic carbocycles. The fraction of sp³-hybridized carbons (Fsp3) is 0.208. The molecule has 5 nitrogen and oxygen atoms in total. The molecule has 1 heterocycles. The zero-order valence-electron chi connectivity index (χ0n) is 17.0. The van der Waals surface area contributed by atoms with Crippen LogP contribution < -0.4 is 4.90 Å². The number of thiophene rings is 1. The van der Waals surface area contributed by atoms with Gasteiger partial charge in [0.1, 0.15) is 5.00 Å². The molecule has 0 aliphatic rings. The maximum absolute atomic E-state index is 13.2. The SMILES string of the molecule is CCOC(=O)c1cc(C)sc1N(C(=O)Cc1ccccc1)C(=O)Cc1ccccc1. The Labute approximate surface area is 179 Å². The van der Waals surface area contributed by atoms with Gasteiger partial charge in [-0.25, -0.2) is 9.69 Å². The monoisotopic (exact) mass is 421 g/mol. The zero-order chi connectivity index (χ0) is 21.5. The molecule has 0 N–H and O–H groups in total. The predicted molar refractivity (Wildman–Crippen MR) is 118 cm³/mol. The van der Waals surface area contributed by atoms with E-state index in [1.165, 1.54) is 11.3 Å². The van der Waals surface area contributed by atoms with Crippen molar-refractivity contribution in [2.24, 2.45) is 0 Å². The molecule has 3 rings (SSSR count). The van der Waals surface area contributed by atoms with Crippen molar-refractivity contribution in [3.05, 3.63) is 88.3 Å². The van der Waals surface area contributed by atoms with Crippen LogP contribution >= 0.6 is 11.3 Å². The van der Waals surface area contributed by atoms with Crippen LogP contribution in [0.2, 0.25) is 0 Å². The number of amides is 2. The van der Waals surface area contributed by atoms with Gasteiger partial charge in [0, 0.05) is 4.88 Å². The number of benzene rings is 2. The van der Waals surface area contributed by atoms with E-state index in [1.807, 2.05) is 67.6 Å². The number of ether oxygens (including phenoxy) is 1. The van der Waals surface area contributed by atoms with Gasteiger partial charge in [-0.3, -0.25) is 9.59 Å². The minimum atomic E-state index is -0.540. The zero-order valence-corrected chi connectivity index (χ0v) is 17.8. The van der Waals surface area contributed by atoms with Crippen LogP contribution in [0.3, 0.4) is 0 Å². The van der Waals surface area contributed by atoms with Crippen LogP contribution in [0.5, 0.6) is 0 Å². The van der Waals surface area contributed by atoms with E-state index >= 15 is 0 Å². The summed E-state index contributed by atoms with van der Waals surface area (Å²) in [6.45, 7) is 3.76. The number of carbonyl (C=O) groups is 3. The second-order valence-corrected chi connectivity index (χ2v) is 7.98. The summed E-state index contributed by atoms with van der Waals surface area (Å²) in [6.07, 6.45) is 0.112. The molecule has 154 valence electrons. The molecule has 1 aromatic heterocycles. The van der Waals surface area contributed by atoms with Gasteiger partial charge in [-0.15, -0.1) is 11.3 Å². The topological polar surface area (TPSA) is 63.7 Å². The molecule has 0 fully saturated rings. The molecule has 0 unspecified atom stereocenters. The minimum Gasteiger partial charge on any atom is -0.462 e. The first-order valence-electron chi connectivity index (χ1n) is 9.70. The van der Waals surface area contributed by atoms with Gasteiger partial charge in [-0.1, -0.05) is 60.7 Å². The quantitative estimate of drug-likeness (QED) is 0.524. The molecule has 0 atom stereocenters. The Morgan fingerprint density at radius 3 is 1.83 bits per heavy atom. The van der Waals surface area contributed by atoms with Gasteiger partial charge < -0.3 is 4.74 Å². The van der Waals surface area contributed by atoms with Crippen LogP contribution in [-0.4, -0.2) is 24.4 Å². The van der Waals surface area contributed by atoms with E-state index < -0.39 is 5.97 Å². The summed E-state index contributed by atoms with van der Waals surface area (Å²) in [7, 11) is 0. The van der Waals surface area contributed by atoms with E-state index in [2.05, 4.69) is 0 Å². The van der Waals surface area contributed by atoms with Crippen LogP contribution in [0.25, 0.3) is 0 Å². The second kappa shape index (κ2) is 9.98. The molecule has 6 heteroatoms. The van der Waals surface area contributed by atoms with Crippen LogP contribution in [-0.2, 0) is 27.2 Å². The smallest absolute Gasteiger partial charge is 0.341 e. The number of esters is 1. The lowest BCUT2D eigenvalue weighted by Crippen LogP contribution is -2.39. The summed E-state index contributed by atoms with van der Waals surface area (Å²) in [5.41, 5.74) is 1.83. The standard InChI is InChI=1S/C24H23NO4S/c1-3-29-24(28)20-14-17(2)30-23(20)25(21(26)15-18-10-6-4-7-11-18)22(27)16-19-12-8-5-9-13-19/h4-14H,3,15-16H2,1-2H3. The van der Waals surface area contributed by atoms with Gasteiger partial charge in [0.15, 0.2) is 0 Å². The fourth-order valence-corrected chi connectivity index (χ4v) is 4.12. The van der Waals surface area contributed by atoms with Crippen molar-refractivity contribution >= 4 is 34.1 Å². The Bertz CT molecular complexity index is 974. The molecule has 0 saturated heterocycles. The number of imide groups is 1. The van der Waals surface area contributed by atoms with Crippen LogP contribution in [0.15, 0.2) is 66.7 Å². The molecule has 2 aromatic carbocycles. The van der Waals surface area contributed by atoms with E-state index in [1.54, 1.807) is 13.0 Å². The molecule has 30 heavy (non-hydrogen) atoms. The van der Waals surface area contributed by atoms with Crippen molar-refractivity contribution < 1.29 is 19.1 Å². The summed E-state index contributed by atoms with van der Waals surface area (Å²) >= 11 is 1.24. The Morgan fingerprint density at radius 1 is 0.867 bits per heavy atom. The number of hydrogen-bond acceptors (Lipinski definition) is 5. The second-order valence-electron chi connectivity index (χ2n) is 6.74. The molecule has 0 spiro atoms. The summed E-state index contributed by atoms with van der Waals surface area (Å²) in [5, 5.41) is 0.313. The number of aryl methyl sites for hydroxylation is 1. The maximum Gasteiger partial charge on any atom is 0.341 e. The molecular formula is C24H23NO4S. The fourth-order valence-electron chi connectivity index (χ4n) is 3.09. The summed E-state index contributed by atoms with van der Waals surface area (Å²) in [5.74, 6) is -1.30.